The van der Waals surface area contributed by atoms with Crippen molar-refractivity contribution in [3.8, 4) is 16.9 Å². The molecule has 0 spiro atoms. The fourth-order valence-electron chi connectivity index (χ4n) is 3.29. The minimum Gasteiger partial charge on any atom is -0.504 e. The summed E-state index contributed by atoms with van der Waals surface area (Å²) in [5.74, 6) is -1.54. The van der Waals surface area contributed by atoms with Gasteiger partial charge in [-0.2, -0.15) is 0 Å². The standard InChI is InChI=1S/C21H14F2O/c1-12-17(22)10-13-6-2-4-8-15(13)19(12)20-16-9-5-3-7-14(16)11-18(23)21(20)24/h2-11,24H,1H3. The normalized spacial score (nSPS) is 11.3. The topological polar surface area (TPSA) is 20.2 Å². The van der Waals surface area contributed by atoms with Gasteiger partial charge in [0.25, 0.3) is 0 Å². The lowest BCUT2D eigenvalue weighted by Gasteiger charge is -2.16. The molecule has 118 valence electrons. The van der Waals surface area contributed by atoms with Gasteiger partial charge in [0, 0.05) is 5.56 Å². The monoisotopic (exact) mass is 320 g/mol. The summed E-state index contributed by atoms with van der Waals surface area (Å²) < 4.78 is 28.7. The first kappa shape index (κ1) is 14.6. The summed E-state index contributed by atoms with van der Waals surface area (Å²) in [7, 11) is 0. The van der Waals surface area contributed by atoms with E-state index >= 15 is 0 Å². The van der Waals surface area contributed by atoms with E-state index in [1.807, 2.05) is 30.3 Å². The van der Waals surface area contributed by atoms with Crippen LogP contribution in [0.1, 0.15) is 5.56 Å². The Morgan fingerprint density at radius 2 is 1.21 bits per heavy atom. The van der Waals surface area contributed by atoms with Crippen molar-refractivity contribution in [2.75, 3.05) is 0 Å². The lowest BCUT2D eigenvalue weighted by Crippen LogP contribution is -1.94. The number of benzene rings is 4. The Balaban J connectivity index is 2.26. The molecule has 4 aromatic carbocycles. The SMILES string of the molecule is Cc1c(F)cc2ccccc2c1-c1c(O)c(F)cc2ccccc12. The lowest BCUT2D eigenvalue weighted by molar-refractivity contribution is 0.435. The summed E-state index contributed by atoms with van der Waals surface area (Å²) >= 11 is 0. The second-order valence-electron chi connectivity index (χ2n) is 5.88. The first-order valence-electron chi connectivity index (χ1n) is 7.66. The van der Waals surface area contributed by atoms with Crippen LogP contribution in [-0.4, -0.2) is 5.11 Å². The molecule has 0 saturated heterocycles. The minimum absolute atomic E-state index is 0.332. The molecule has 1 N–H and O–H groups in total. The van der Waals surface area contributed by atoms with Crippen molar-refractivity contribution in [1.82, 2.24) is 0 Å². The van der Waals surface area contributed by atoms with Gasteiger partial charge < -0.3 is 5.11 Å². The quantitative estimate of drug-likeness (QED) is 0.459. The number of aromatic hydroxyl groups is 1. The molecule has 24 heavy (non-hydrogen) atoms. The summed E-state index contributed by atoms with van der Waals surface area (Å²) in [6.45, 7) is 1.65. The molecule has 0 atom stereocenters. The van der Waals surface area contributed by atoms with Gasteiger partial charge in [0.2, 0.25) is 0 Å². The average Bonchev–Trinajstić information content (AvgIpc) is 2.58. The van der Waals surface area contributed by atoms with Crippen LogP contribution in [0.5, 0.6) is 5.75 Å². The van der Waals surface area contributed by atoms with Crippen LogP contribution in [-0.2, 0) is 0 Å². The van der Waals surface area contributed by atoms with Crippen LogP contribution in [0.15, 0.2) is 60.7 Å². The summed E-state index contributed by atoms with van der Waals surface area (Å²) in [5, 5.41) is 13.3. The Labute approximate surface area is 137 Å². The molecule has 4 rings (SSSR count). The Kier molecular flexibility index (Phi) is 3.24. The molecule has 0 aromatic heterocycles. The maximum absolute atomic E-state index is 14.5. The molecule has 1 nitrogen and oxygen atoms in total. The summed E-state index contributed by atoms with van der Waals surface area (Å²) in [6, 6.07) is 17.3. The van der Waals surface area contributed by atoms with Gasteiger partial charge in [-0.25, -0.2) is 8.78 Å². The zero-order valence-corrected chi connectivity index (χ0v) is 13.0. The van der Waals surface area contributed by atoms with Crippen LogP contribution in [0.25, 0.3) is 32.7 Å². The number of phenols is 1. The predicted molar refractivity (Wildman–Crippen MR) is 93.2 cm³/mol. The molecule has 0 unspecified atom stereocenters. The average molecular weight is 320 g/mol. The Hall–Kier alpha value is -2.94. The Bertz CT molecular complexity index is 1010. The predicted octanol–water partition coefficient (Wildman–Crippen LogP) is 5.95. The molecule has 0 fully saturated rings. The van der Waals surface area contributed by atoms with Crippen molar-refractivity contribution in [3.63, 3.8) is 0 Å². The van der Waals surface area contributed by atoms with E-state index in [2.05, 4.69) is 0 Å². The van der Waals surface area contributed by atoms with E-state index in [1.165, 1.54) is 12.1 Å². The lowest BCUT2D eigenvalue weighted by atomic mass is 9.89. The van der Waals surface area contributed by atoms with Gasteiger partial charge in [-0.1, -0.05) is 48.5 Å². The van der Waals surface area contributed by atoms with Crippen LogP contribution in [0.4, 0.5) is 8.78 Å². The second-order valence-corrected chi connectivity index (χ2v) is 5.88. The van der Waals surface area contributed by atoms with Crippen molar-refractivity contribution in [2.24, 2.45) is 0 Å². The minimum atomic E-state index is -0.712. The van der Waals surface area contributed by atoms with Crippen LogP contribution in [0.3, 0.4) is 0 Å². The summed E-state index contributed by atoms with van der Waals surface area (Å²) in [6.07, 6.45) is 0. The van der Waals surface area contributed by atoms with E-state index in [0.717, 1.165) is 5.39 Å². The number of phenolic OH excluding ortho intramolecular Hbond substituents is 1. The Morgan fingerprint density at radius 3 is 1.83 bits per heavy atom. The first-order chi connectivity index (χ1) is 11.6. The van der Waals surface area contributed by atoms with Crippen LogP contribution in [0, 0.1) is 18.6 Å². The molecule has 0 radical (unpaired) electrons. The van der Waals surface area contributed by atoms with Crippen molar-refractivity contribution in [3.05, 3.63) is 77.9 Å². The summed E-state index contributed by atoms with van der Waals surface area (Å²) in [5.41, 5.74) is 1.25. The highest BCUT2D eigenvalue weighted by molar-refractivity contribution is 6.08. The van der Waals surface area contributed by atoms with Crippen LogP contribution < -0.4 is 0 Å². The van der Waals surface area contributed by atoms with Gasteiger partial charge in [0.05, 0.1) is 0 Å². The van der Waals surface area contributed by atoms with Crippen molar-refractivity contribution < 1.29 is 13.9 Å². The maximum atomic E-state index is 14.5. The van der Waals surface area contributed by atoms with E-state index in [4.69, 9.17) is 0 Å². The maximum Gasteiger partial charge on any atom is 0.166 e. The van der Waals surface area contributed by atoms with Crippen molar-refractivity contribution in [1.29, 1.82) is 0 Å². The van der Waals surface area contributed by atoms with E-state index in [0.29, 0.717) is 32.8 Å². The molecule has 0 bridgehead atoms. The van der Waals surface area contributed by atoms with Crippen molar-refractivity contribution >= 4 is 21.5 Å². The molecule has 3 heteroatoms. The highest BCUT2D eigenvalue weighted by atomic mass is 19.1. The van der Waals surface area contributed by atoms with Gasteiger partial charge in [-0.05, 0) is 51.7 Å². The van der Waals surface area contributed by atoms with Gasteiger partial charge >= 0.3 is 0 Å². The molecule has 0 aliphatic heterocycles. The second kappa shape index (κ2) is 5.31. The molecule has 0 saturated carbocycles. The number of hydrogen-bond acceptors (Lipinski definition) is 1. The van der Waals surface area contributed by atoms with Gasteiger partial charge in [0.1, 0.15) is 5.82 Å². The third kappa shape index (κ3) is 2.05. The van der Waals surface area contributed by atoms with E-state index in [9.17, 15) is 13.9 Å². The number of fused-ring (bicyclic) bond motifs is 2. The molecule has 0 aliphatic carbocycles. The van der Waals surface area contributed by atoms with Crippen LogP contribution in [0.2, 0.25) is 0 Å². The Morgan fingerprint density at radius 1 is 0.708 bits per heavy atom. The third-order valence-corrected chi connectivity index (χ3v) is 4.47. The number of halogens is 2. The van der Waals surface area contributed by atoms with Gasteiger partial charge in [-0.3, -0.25) is 0 Å². The molecule has 4 aromatic rings. The van der Waals surface area contributed by atoms with E-state index in [1.54, 1.807) is 25.1 Å². The molecular formula is C21H14F2O. The van der Waals surface area contributed by atoms with Crippen LogP contribution >= 0.6 is 0 Å². The zero-order valence-electron chi connectivity index (χ0n) is 13.0. The van der Waals surface area contributed by atoms with Crippen molar-refractivity contribution in [2.45, 2.75) is 6.92 Å². The van der Waals surface area contributed by atoms with E-state index in [-0.39, 0.29) is 5.82 Å². The third-order valence-electron chi connectivity index (χ3n) is 4.47. The molecule has 0 amide bonds. The number of hydrogen-bond donors (Lipinski definition) is 1. The molecule has 0 heterocycles. The highest BCUT2D eigenvalue weighted by Gasteiger charge is 2.20. The first-order valence-corrected chi connectivity index (χ1v) is 7.66. The molecule has 0 aliphatic rings. The number of rotatable bonds is 1. The zero-order chi connectivity index (χ0) is 16.8. The highest BCUT2D eigenvalue weighted by Crippen LogP contribution is 2.43. The van der Waals surface area contributed by atoms with Gasteiger partial charge in [0.15, 0.2) is 11.6 Å². The molecular weight excluding hydrogens is 306 g/mol. The largest absolute Gasteiger partial charge is 0.504 e. The fraction of sp³-hybridized carbons (Fsp3) is 0.0476. The fourth-order valence-corrected chi connectivity index (χ4v) is 3.29. The van der Waals surface area contributed by atoms with Gasteiger partial charge in [-0.15, -0.1) is 0 Å². The van der Waals surface area contributed by atoms with E-state index < -0.39 is 11.6 Å². The smallest absolute Gasteiger partial charge is 0.166 e. The summed E-state index contributed by atoms with van der Waals surface area (Å²) in [4.78, 5) is 0.